The molecular formula is C17H24O3. The van der Waals surface area contributed by atoms with E-state index < -0.39 is 0 Å². The first-order chi connectivity index (χ1) is 9.61. The molecule has 0 aliphatic heterocycles. The first-order valence-electron chi connectivity index (χ1n) is 7.41. The lowest BCUT2D eigenvalue weighted by molar-refractivity contribution is -0.0160. The average Bonchev–Trinajstić information content (AvgIpc) is 2.46. The van der Waals surface area contributed by atoms with E-state index in [0.29, 0.717) is 24.2 Å². The molecule has 2 unspecified atom stereocenters. The van der Waals surface area contributed by atoms with Gasteiger partial charge in [0.15, 0.2) is 5.78 Å². The van der Waals surface area contributed by atoms with Crippen molar-refractivity contribution in [2.75, 3.05) is 7.11 Å². The number of carbonyl (C=O) groups excluding carboxylic acids is 1. The number of ketones is 1. The third-order valence-electron chi connectivity index (χ3n) is 4.17. The molecule has 1 fully saturated rings. The molecule has 3 heteroatoms. The Morgan fingerprint density at radius 3 is 2.70 bits per heavy atom. The largest absolute Gasteiger partial charge is 0.496 e. The molecule has 110 valence electrons. The first kappa shape index (κ1) is 15.0. The van der Waals surface area contributed by atoms with Crippen LogP contribution >= 0.6 is 0 Å². The van der Waals surface area contributed by atoms with Gasteiger partial charge in [0, 0.05) is 11.1 Å². The number of ether oxygens (including phenoxy) is 2. The third kappa shape index (κ3) is 3.60. The smallest absolute Gasteiger partial charge is 0.159 e. The van der Waals surface area contributed by atoms with E-state index >= 15 is 0 Å². The van der Waals surface area contributed by atoms with E-state index in [2.05, 4.69) is 6.92 Å². The van der Waals surface area contributed by atoms with Crippen LogP contribution in [0.3, 0.4) is 0 Å². The normalized spacial score (nSPS) is 22.6. The lowest BCUT2D eigenvalue weighted by Gasteiger charge is -2.29. The molecule has 0 heterocycles. The summed E-state index contributed by atoms with van der Waals surface area (Å²) in [5.74, 6) is 1.48. The van der Waals surface area contributed by atoms with Crippen molar-refractivity contribution < 1.29 is 14.3 Å². The molecular weight excluding hydrogens is 252 g/mol. The van der Waals surface area contributed by atoms with Gasteiger partial charge in [0.1, 0.15) is 5.75 Å². The zero-order chi connectivity index (χ0) is 14.5. The Labute approximate surface area is 121 Å². The molecule has 0 spiro atoms. The molecule has 0 bridgehead atoms. The highest BCUT2D eigenvalue weighted by Gasteiger charge is 2.22. The molecule has 0 aromatic heterocycles. The van der Waals surface area contributed by atoms with Gasteiger partial charge >= 0.3 is 0 Å². The van der Waals surface area contributed by atoms with Crippen LogP contribution in [0.5, 0.6) is 5.75 Å². The lowest BCUT2D eigenvalue weighted by Crippen LogP contribution is -2.25. The molecule has 1 aliphatic rings. The Morgan fingerprint density at radius 2 is 2.05 bits per heavy atom. The van der Waals surface area contributed by atoms with Gasteiger partial charge in [-0.3, -0.25) is 4.79 Å². The molecule has 1 aromatic carbocycles. The van der Waals surface area contributed by atoms with Gasteiger partial charge in [-0.25, -0.2) is 0 Å². The van der Waals surface area contributed by atoms with E-state index in [1.807, 2.05) is 12.1 Å². The topological polar surface area (TPSA) is 35.5 Å². The predicted molar refractivity (Wildman–Crippen MR) is 79.2 cm³/mol. The van der Waals surface area contributed by atoms with Crippen LogP contribution in [0.1, 0.15) is 55.5 Å². The van der Waals surface area contributed by atoms with Gasteiger partial charge in [-0.2, -0.15) is 0 Å². The SMILES string of the molecule is COc1ccc(C(C)=O)cc1COC1CCCCC1C. The average molecular weight is 276 g/mol. The fraction of sp³-hybridized carbons (Fsp3) is 0.588. The van der Waals surface area contributed by atoms with Crippen LogP contribution in [0, 0.1) is 5.92 Å². The molecule has 0 amide bonds. The van der Waals surface area contributed by atoms with Crippen LogP contribution in [0.2, 0.25) is 0 Å². The summed E-state index contributed by atoms with van der Waals surface area (Å²) in [4.78, 5) is 11.5. The van der Waals surface area contributed by atoms with Gasteiger partial charge in [0.25, 0.3) is 0 Å². The molecule has 2 atom stereocenters. The minimum Gasteiger partial charge on any atom is -0.496 e. The van der Waals surface area contributed by atoms with E-state index in [1.165, 1.54) is 19.3 Å². The van der Waals surface area contributed by atoms with Gasteiger partial charge in [0.05, 0.1) is 19.8 Å². The zero-order valence-electron chi connectivity index (χ0n) is 12.6. The van der Waals surface area contributed by atoms with Crippen molar-refractivity contribution in [1.29, 1.82) is 0 Å². The summed E-state index contributed by atoms with van der Waals surface area (Å²) in [6, 6.07) is 5.53. The highest BCUT2D eigenvalue weighted by atomic mass is 16.5. The van der Waals surface area contributed by atoms with E-state index in [-0.39, 0.29) is 5.78 Å². The molecule has 1 saturated carbocycles. The second-order valence-corrected chi connectivity index (χ2v) is 5.69. The third-order valence-corrected chi connectivity index (χ3v) is 4.17. The molecule has 1 aromatic rings. The van der Waals surface area contributed by atoms with Crippen LogP contribution in [0.4, 0.5) is 0 Å². The minimum atomic E-state index is 0.0694. The molecule has 2 rings (SSSR count). The van der Waals surface area contributed by atoms with Crippen molar-refractivity contribution in [3.63, 3.8) is 0 Å². The summed E-state index contributed by atoms with van der Waals surface area (Å²) < 4.78 is 11.4. The number of methoxy groups -OCH3 is 1. The predicted octanol–water partition coefficient (Wildman–Crippen LogP) is 3.99. The van der Waals surface area contributed by atoms with Gasteiger partial charge in [-0.15, -0.1) is 0 Å². The summed E-state index contributed by atoms with van der Waals surface area (Å²) in [5.41, 5.74) is 1.67. The first-order valence-corrected chi connectivity index (χ1v) is 7.41. The van der Waals surface area contributed by atoms with E-state index in [9.17, 15) is 4.79 Å². The summed E-state index contributed by atoms with van der Waals surface area (Å²) in [7, 11) is 1.65. The summed E-state index contributed by atoms with van der Waals surface area (Å²) >= 11 is 0. The Kier molecular flexibility index (Phi) is 5.18. The number of hydrogen-bond donors (Lipinski definition) is 0. The van der Waals surface area contributed by atoms with Crippen LogP contribution in [-0.2, 0) is 11.3 Å². The Hall–Kier alpha value is -1.35. The zero-order valence-corrected chi connectivity index (χ0v) is 12.6. The Balaban J connectivity index is 2.07. The standard InChI is InChI=1S/C17H24O3/c1-12-6-4-5-7-16(12)20-11-15-10-14(13(2)18)8-9-17(15)19-3/h8-10,12,16H,4-7,11H2,1-3H3. The van der Waals surface area contributed by atoms with Crippen molar-refractivity contribution in [2.24, 2.45) is 5.92 Å². The van der Waals surface area contributed by atoms with Crippen molar-refractivity contribution in [2.45, 2.75) is 52.2 Å². The molecule has 3 nitrogen and oxygen atoms in total. The number of rotatable bonds is 5. The molecule has 1 aliphatic carbocycles. The number of Topliss-reactive ketones (excluding diaryl/α,β-unsaturated/α-hetero) is 1. The molecule has 20 heavy (non-hydrogen) atoms. The maximum atomic E-state index is 11.5. The lowest BCUT2D eigenvalue weighted by atomic mass is 9.88. The van der Waals surface area contributed by atoms with Crippen LogP contribution in [0.15, 0.2) is 18.2 Å². The monoisotopic (exact) mass is 276 g/mol. The van der Waals surface area contributed by atoms with Crippen molar-refractivity contribution in [3.05, 3.63) is 29.3 Å². The number of benzene rings is 1. The molecule has 0 saturated heterocycles. The highest BCUT2D eigenvalue weighted by Crippen LogP contribution is 2.28. The maximum absolute atomic E-state index is 11.5. The Bertz CT molecular complexity index is 467. The molecule has 0 N–H and O–H groups in total. The van der Waals surface area contributed by atoms with Gasteiger partial charge in [-0.05, 0) is 43.9 Å². The summed E-state index contributed by atoms with van der Waals surface area (Å²) in [5, 5.41) is 0. The van der Waals surface area contributed by atoms with Gasteiger partial charge in [0.2, 0.25) is 0 Å². The minimum absolute atomic E-state index is 0.0694. The fourth-order valence-electron chi connectivity index (χ4n) is 2.84. The fourth-order valence-corrected chi connectivity index (χ4v) is 2.84. The Morgan fingerprint density at radius 1 is 1.30 bits per heavy atom. The van der Waals surface area contributed by atoms with Crippen molar-refractivity contribution >= 4 is 5.78 Å². The number of carbonyl (C=O) groups is 1. The van der Waals surface area contributed by atoms with Crippen molar-refractivity contribution in [3.8, 4) is 5.75 Å². The van der Waals surface area contributed by atoms with Gasteiger partial charge < -0.3 is 9.47 Å². The van der Waals surface area contributed by atoms with Crippen LogP contribution in [0.25, 0.3) is 0 Å². The maximum Gasteiger partial charge on any atom is 0.159 e. The summed E-state index contributed by atoms with van der Waals surface area (Å²) in [6.07, 6.45) is 5.27. The van der Waals surface area contributed by atoms with E-state index in [4.69, 9.17) is 9.47 Å². The number of hydrogen-bond acceptors (Lipinski definition) is 3. The second-order valence-electron chi connectivity index (χ2n) is 5.69. The van der Waals surface area contributed by atoms with Gasteiger partial charge in [-0.1, -0.05) is 19.8 Å². The highest BCUT2D eigenvalue weighted by molar-refractivity contribution is 5.94. The van der Waals surface area contributed by atoms with Crippen molar-refractivity contribution in [1.82, 2.24) is 0 Å². The van der Waals surface area contributed by atoms with Crippen LogP contribution in [-0.4, -0.2) is 19.0 Å². The molecule has 0 radical (unpaired) electrons. The van der Waals surface area contributed by atoms with E-state index in [1.54, 1.807) is 20.1 Å². The van der Waals surface area contributed by atoms with E-state index in [0.717, 1.165) is 17.7 Å². The second kappa shape index (κ2) is 6.89. The quantitative estimate of drug-likeness (QED) is 0.763. The van der Waals surface area contributed by atoms with Crippen LogP contribution < -0.4 is 4.74 Å². The summed E-state index contributed by atoms with van der Waals surface area (Å²) in [6.45, 7) is 4.35.